The van der Waals surface area contributed by atoms with Gasteiger partial charge in [0.05, 0.1) is 4.92 Å². The molecule has 2 aromatic carbocycles. The van der Waals surface area contributed by atoms with Gasteiger partial charge in [0, 0.05) is 18.1 Å². The molecule has 0 aromatic heterocycles. The van der Waals surface area contributed by atoms with Gasteiger partial charge < -0.3 is 9.47 Å². The lowest BCUT2D eigenvalue weighted by molar-refractivity contribution is -0.385. The van der Waals surface area contributed by atoms with Gasteiger partial charge in [0.15, 0.2) is 11.5 Å². The average molecular weight is 343 g/mol. The number of hydrogen-bond acceptors (Lipinski definition) is 5. The first-order valence-corrected chi connectivity index (χ1v) is 8.15. The largest absolute Gasteiger partial charge is 0.490 e. The second-order valence-corrected chi connectivity index (χ2v) is 5.63. The Bertz CT molecular complexity index is 757. The smallest absolute Gasteiger partial charge is 0.311 e. The van der Waals surface area contributed by atoms with Crippen LogP contribution in [0.4, 0.5) is 5.69 Å². The van der Waals surface area contributed by atoms with E-state index in [9.17, 15) is 14.9 Å². The normalized spacial score (nSPS) is 10.3. The van der Waals surface area contributed by atoms with Crippen molar-refractivity contribution in [2.24, 2.45) is 0 Å². The van der Waals surface area contributed by atoms with E-state index in [1.165, 1.54) is 12.1 Å². The van der Waals surface area contributed by atoms with E-state index < -0.39 is 4.92 Å². The summed E-state index contributed by atoms with van der Waals surface area (Å²) < 4.78 is 11.0. The van der Waals surface area contributed by atoms with E-state index in [1.807, 2.05) is 38.1 Å². The number of hydrogen-bond donors (Lipinski definition) is 0. The predicted octanol–water partition coefficient (Wildman–Crippen LogP) is 4.34. The molecule has 6 heteroatoms. The third-order valence-electron chi connectivity index (χ3n) is 3.55. The molecule has 6 nitrogen and oxygen atoms in total. The van der Waals surface area contributed by atoms with E-state index in [-0.39, 0.29) is 30.4 Å². The quantitative estimate of drug-likeness (QED) is 0.293. The SMILES string of the molecule is CCCC(=O)c1ccc(OCCOc2cccc(C)c2)c([N+](=O)[O-])c1. The standard InChI is InChI=1S/C19H21NO5/c1-3-5-18(21)15-8-9-19(17(13-15)20(22)23)25-11-10-24-16-7-4-6-14(2)12-16/h4,6-9,12-13H,3,5,10-11H2,1-2H3. The van der Waals surface area contributed by atoms with Crippen LogP contribution in [0.2, 0.25) is 0 Å². The summed E-state index contributed by atoms with van der Waals surface area (Å²) in [5, 5.41) is 11.2. The summed E-state index contributed by atoms with van der Waals surface area (Å²) in [5.41, 5.74) is 1.20. The number of nitro groups is 1. The van der Waals surface area contributed by atoms with E-state index in [0.29, 0.717) is 18.4 Å². The average Bonchev–Trinajstić information content (AvgIpc) is 2.59. The van der Waals surface area contributed by atoms with Gasteiger partial charge in [0.1, 0.15) is 19.0 Å². The maximum atomic E-state index is 11.9. The van der Waals surface area contributed by atoms with Crippen molar-refractivity contribution in [2.45, 2.75) is 26.7 Å². The highest BCUT2D eigenvalue weighted by molar-refractivity contribution is 5.96. The Labute approximate surface area is 146 Å². The van der Waals surface area contributed by atoms with Crippen LogP contribution in [0.5, 0.6) is 11.5 Å². The fourth-order valence-corrected chi connectivity index (χ4v) is 2.34. The van der Waals surface area contributed by atoms with Crippen LogP contribution in [0.25, 0.3) is 0 Å². The molecule has 0 aliphatic heterocycles. The van der Waals surface area contributed by atoms with Crippen LogP contribution in [-0.4, -0.2) is 23.9 Å². The van der Waals surface area contributed by atoms with Crippen molar-refractivity contribution in [2.75, 3.05) is 13.2 Å². The molecule has 2 rings (SSSR count). The Morgan fingerprint density at radius 1 is 1.12 bits per heavy atom. The van der Waals surface area contributed by atoms with Crippen molar-refractivity contribution in [3.63, 3.8) is 0 Å². The van der Waals surface area contributed by atoms with Crippen LogP contribution in [-0.2, 0) is 0 Å². The second-order valence-electron chi connectivity index (χ2n) is 5.63. The van der Waals surface area contributed by atoms with Crippen molar-refractivity contribution in [1.82, 2.24) is 0 Å². The summed E-state index contributed by atoms with van der Waals surface area (Å²) in [4.78, 5) is 22.6. The molecule has 0 unspecified atom stereocenters. The van der Waals surface area contributed by atoms with Crippen LogP contribution >= 0.6 is 0 Å². The Morgan fingerprint density at radius 2 is 1.88 bits per heavy atom. The summed E-state index contributed by atoms with van der Waals surface area (Å²) in [6.07, 6.45) is 1.06. The topological polar surface area (TPSA) is 78.7 Å². The fourth-order valence-electron chi connectivity index (χ4n) is 2.34. The molecule has 0 spiro atoms. The van der Waals surface area contributed by atoms with Crippen LogP contribution < -0.4 is 9.47 Å². The number of nitro benzene ring substituents is 1. The van der Waals surface area contributed by atoms with E-state index in [0.717, 1.165) is 11.3 Å². The third kappa shape index (κ3) is 5.31. The number of ketones is 1. The number of carbonyl (C=O) groups excluding carboxylic acids is 1. The molecule has 0 amide bonds. The predicted molar refractivity (Wildman–Crippen MR) is 94.5 cm³/mol. The van der Waals surface area contributed by atoms with Gasteiger partial charge in [-0.3, -0.25) is 14.9 Å². The van der Waals surface area contributed by atoms with Gasteiger partial charge in [-0.15, -0.1) is 0 Å². The first-order chi connectivity index (χ1) is 12.0. The second kappa shape index (κ2) is 8.82. The number of Topliss-reactive ketones (excluding diaryl/α,β-unsaturated/α-hetero) is 1. The van der Waals surface area contributed by atoms with Crippen LogP contribution in [0.1, 0.15) is 35.7 Å². The highest BCUT2D eigenvalue weighted by atomic mass is 16.6. The number of benzene rings is 2. The molecular weight excluding hydrogens is 322 g/mol. The van der Waals surface area contributed by atoms with Gasteiger partial charge in [0.25, 0.3) is 0 Å². The zero-order valence-electron chi connectivity index (χ0n) is 14.4. The van der Waals surface area contributed by atoms with E-state index in [2.05, 4.69) is 0 Å². The summed E-state index contributed by atoms with van der Waals surface area (Å²) in [5.74, 6) is 0.740. The van der Waals surface area contributed by atoms with Gasteiger partial charge in [-0.2, -0.15) is 0 Å². The summed E-state index contributed by atoms with van der Waals surface area (Å²) in [7, 11) is 0. The molecule has 25 heavy (non-hydrogen) atoms. The molecule has 0 saturated heterocycles. The lowest BCUT2D eigenvalue weighted by Gasteiger charge is -2.10. The number of aryl methyl sites for hydroxylation is 1. The monoisotopic (exact) mass is 343 g/mol. The zero-order chi connectivity index (χ0) is 18.2. The number of carbonyl (C=O) groups is 1. The third-order valence-corrected chi connectivity index (χ3v) is 3.55. The van der Waals surface area contributed by atoms with Crippen molar-refractivity contribution < 1.29 is 19.2 Å². The highest BCUT2D eigenvalue weighted by Crippen LogP contribution is 2.28. The first kappa shape index (κ1) is 18.4. The molecule has 132 valence electrons. The van der Waals surface area contributed by atoms with Crippen molar-refractivity contribution in [1.29, 1.82) is 0 Å². The molecule has 0 radical (unpaired) electrons. The Morgan fingerprint density at radius 3 is 2.56 bits per heavy atom. The maximum Gasteiger partial charge on any atom is 0.311 e. The molecule has 0 fully saturated rings. The Balaban J connectivity index is 1.98. The molecule has 0 heterocycles. The van der Waals surface area contributed by atoms with Gasteiger partial charge >= 0.3 is 5.69 Å². The van der Waals surface area contributed by atoms with Crippen LogP contribution in [0.15, 0.2) is 42.5 Å². The highest BCUT2D eigenvalue weighted by Gasteiger charge is 2.18. The van der Waals surface area contributed by atoms with E-state index >= 15 is 0 Å². The number of nitrogens with zero attached hydrogens (tertiary/aromatic N) is 1. The molecule has 0 N–H and O–H groups in total. The van der Waals surface area contributed by atoms with Gasteiger partial charge in [-0.1, -0.05) is 19.1 Å². The van der Waals surface area contributed by atoms with Gasteiger partial charge in [0.2, 0.25) is 0 Å². The molecule has 0 bridgehead atoms. The van der Waals surface area contributed by atoms with Gasteiger partial charge in [-0.25, -0.2) is 0 Å². The fraction of sp³-hybridized carbons (Fsp3) is 0.316. The molecule has 0 saturated carbocycles. The van der Waals surface area contributed by atoms with Crippen LogP contribution in [0.3, 0.4) is 0 Å². The Kier molecular flexibility index (Phi) is 6.51. The molecule has 0 aliphatic rings. The van der Waals surface area contributed by atoms with Gasteiger partial charge in [-0.05, 0) is 43.2 Å². The minimum absolute atomic E-state index is 0.111. The first-order valence-electron chi connectivity index (χ1n) is 8.15. The molecule has 0 aliphatic carbocycles. The minimum atomic E-state index is -0.542. The number of ether oxygens (including phenoxy) is 2. The lowest BCUT2D eigenvalue weighted by atomic mass is 10.1. The molecule has 0 atom stereocenters. The zero-order valence-corrected chi connectivity index (χ0v) is 14.4. The summed E-state index contributed by atoms with van der Waals surface area (Å²) in [6.45, 7) is 4.28. The molecule has 2 aromatic rings. The van der Waals surface area contributed by atoms with Crippen molar-refractivity contribution >= 4 is 11.5 Å². The maximum absolute atomic E-state index is 11.9. The number of rotatable bonds is 9. The Hall–Kier alpha value is -2.89. The summed E-state index contributed by atoms with van der Waals surface area (Å²) in [6, 6.07) is 11.9. The van der Waals surface area contributed by atoms with Crippen molar-refractivity contribution in [3.8, 4) is 11.5 Å². The van der Waals surface area contributed by atoms with Crippen LogP contribution in [0, 0.1) is 17.0 Å². The van der Waals surface area contributed by atoms with E-state index in [1.54, 1.807) is 6.07 Å². The minimum Gasteiger partial charge on any atom is -0.490 e. The summed E-state index contributed by atoms with van der Waals surface area (Å²) >= 11 is 0. The van der Waals surface area contributed by atoms with E-state index in [4.69, 9.17) is 9.47 Å². The molecular formula is C19H21NO5. The van der Waals surface area contributed by atoms with Crippen molar-refractivity contribution in [3.05, 3.63) is 63.7 Å². The lowest BCUT2D eigenvalue weighted by Crippen LogP contribution is -2.10.